The zero-order valence-corrected chi connectivity index (χ0v) is 11.3. The van der Waals surface area contributed by atoms with Gasteiger partial charge in [0.15, 0.2) is 0 Å². The van der Waals surface area contributed by atoms with E-state index >= 15 is 0 Å². The molecule has 16 heavy (non-hydrogen) atoms. The van der Waals surface area contributed by atoms with Crippen molar-refractivity contribution < 1.29 is 0 Å². The Morgan fingerprint density at radius 1 is 1.12 bits per heavy atom. The summed E-state index contributed by atoms with van der Waals surface area (Å²) in [6, 6.07) is 4.10. The summed E-state index contributed by atoms with van der Waals surface area (Å²) in [4.78, 5) is 12.1. The molecule has 0 radical (unpaired) electrons. The number of aromatic nitrogens is 2. The van der Waals surface area contributed by atoms with Crippen molar-refractivity contribution in [1.82, 2.24) is 9.13 Å². The Kier molecular flexibility index (Phi) is 2.93. The molecular formula is C12H15BrN2O. The summed E-state index contributed by atoms with van der Waals surface area (Å²) in [6.07, 6.45) is 0. The lowest BCUT2D eigenvalue weighted by molar-refractivity contribution is 0.670. The van der Waals surface area contributed by atoms with Crippen molar-refractivity contribution in [1.29, 1.82) is 0 Å². The molecule has 1 aromatic heterocycles. The van der Waals surface area contributed by atoms with Crippen LogP contribution in [-0.2, 0) is 13.1 Å². The van der Waals surface area contributed by atoms with Crippen LogP contribution in [0.15, 0.2) is 21.4 Å². The van der Waals surface area contributed by atoms with Gasteiger partial charge in [-0.15, -0.1) is 0 Å². The Labute approximate surface area is 103 Å². The molecule has 0 saturated heterocycles. The van der Waals surface area contributed by atoms with E-state index in [0.717, 1.165) is 21.1 Å². The summed E-state index contributed by atoms with van der Waals surface area (Å²) in [5, 5.41) is 0. The minimum Gasteiger partial charge on any atom is -0.292 e. The smallest absolute Gasteiger partial charge is 0.292 e. The van der Waals surface area contributed by atoms with E-state index in [2.05, 4.69) is 22.0 Å². The fraction of sp³-hybridized carbons (Fsp3) is 0.417. The first-order valence-corrected chi connectivity index (χ1v) is 6.28. The predicted molar refractivity (Wildman–Crippen MR) is 70.0 cm³/mol. The van der Waals surface area contributed by atoms with Gasteiger partial charge in [-0.25, -0.2) is 4.79 Å². The second-order valence-corrected chi connectivity index (χ2v) is 4.72. The molecule has 4 heteroatoms. The zero-order chi connectivity index (χ0) is 11.9. The maximum Gasteiger partial charge on any atom is 0.329 e. The highest BCUT2D eigenvalue weighted by molar-refractivity contribution is 9.10. The fourth-order valence-electron chi connectivity index (χ4n) is 2.05. The van der Waals surface area contributed by atoms with Crippen LogP contribution in [0.25, 0.3) is 11.0 Å². The van der Waals surface area contributed by atoms with Crippen molar-refractivity contribution in [3.8, 4) is 0 Å². The molecule has 86 valence electrons. The predicted octanol–water partition coefficient (Wildman–Crippen LogP) is 2.91. The molecule has 0 unspecified atom stereocenters. The van der Waals surface area contributed by atoms with Crippen LogP contribution in [0.3, 0.4) is 0 Å². The number of imidazole rings is 1. The van der Waals surface area contributed by atoms with Crippen molar-refractivity contribution in [2.24, 2.45) is 0 Å². The monoisotopic (exact) mass is 282 g/mol. The molecule has 0 aliphatic heterocycles. The number of hydrogen-bond donors (Lipinski definition) is 0. The Balaban J connectivity index is 2.95. The zero-order valence-electron chi connectivity index (χ0n) is 9.75. The Morgan fingerprint density at radius 2 is 1.62 bits per heavy atom. The van der Waals surface area contributed by atoms with Crippen LogP contribution in [0, 0.1) is 6.92 Å². The molecule has 0 amide bonds. The van der Waals surface area contributed by atoms with Gasteiger partial charge in [-0.05, 0) is 38.5 Å². The molecule has 0 fully saturated rings. The Hall–Kier alpha value is -1.03. The number of rotatable bonds is 2. The first-order valence-electron chi connectivity index (χ1n) is 5.49. The van der Waals surface area contributed by atoms with Crippen molar-refractivity contribution in [3.63, 3.8) is 0 Å². The van der Waals surface area contributed by atoms with Crippen LogP contribution in [0.4, 0.5) is 0 Å². The van der Waals surface area contributed by atoms with Gasteiger partial charge in [-0.1, -0.05) is 15.9 Å². The van der Waals surface area contributed by atoms with Gasteiger partial charge in [0.05, 0.1) is 11.0 Å². The third kappa shape index (κ3) is 1.52. The SMILES string of the molecule is CCn1c(=O)n(CC)c2cc(Br)c(C)cc21. The van der Waals surface area contributed by atoms with Crippen LogP contribution in [0.2, 0.25) is 0 Å². The molecule has 0 spiro atoms. The molecule has 1 aromatic carbocycles. The van der Waals surface area contributed by atoms with E-state index in [1.54, 1.807) is 0 Å². The van der Waals surface area contributed by atoms with E-state index in [1.807, 2.05) is 36.0 Å². The molecule has 0 atom stereocenters. The summed E-state index contributed by atoms with van der Waals surface area (Å²) >= 11 is 3.51. The molecule has 1 heterocycles. The first kappa shape index (κ1) is 11.5. The van der Waals surface area contributed by atoms with E-state index in [1.165, 1.54) is 0 Å². The molecule has 0 bridgehead atoms. The number of nitrogens with zero attached hydrogens (tertiary/aromatic N) is 2. The average Bonchev–Trinajstić information content (AvgIpc) is 2.50. The number of benzene rings is 1. The van der Waals surface area contributed by atoms with Crippen molar-refractivity contribution >= 4 is 27.0 Å². The molecule has 2 aromatic rings. The van der Waals surface area contributed by atoms with E-state index < -0.39 is 0 Å². The standard InChI is InChI=1S/C12H15BrN2O/c1-4-14-10-6-8(3)9(13)7-11(10)15(5-2)12(14)16/h6-7H,4-5H2,1-3H3. The molecule has 3 nitrogen and oxygen atoms in total. The van der Waals surface area contributed by atoms with Gasteiger partial charge in [-0.2, -0.15) is 0 Å². The van der Waals surface area contributed by atoms with Gasteiger partial charge in [0.25, 0.3) is 0 Å². The highest BCUT2D eigenvalue weighted by Crippen LogP contribution is 2.23. The maximum absolute atomic E-state index is 12.1. The van der Waals surface area contributed by atoms with Gasteiger partial charge >= 0.3 is 5.69 Å². The lowest BCUT2D eigenvalue weighted by Gasteiger charge is -2.02. The van der Waals surface area contributed by atoms with Gasteiger partial charge in [0, 0.05) is 17.6 Å². The van der Waals surface area contributed by atoms with E-state index in [9.17, 15) is 4.79 Å². The lowest BCUT2D eigenvalue weighted by Crippen LogP contribution is -2.23. The van der Waals surface area contributed by atoms with E-state index in [-0.39, 0.29) is 5.69 Å². The van der Waals surface area contributed by atoms with Crippen LogP contribution in [-0.4, -0.2) is 9.13 Å². The maximum atomic E-state index is 12.1. The highest BCUT2D eigenvalue weighted by atomic mass is 79.9. The van der Waals surface area contributed by atoms with Gasteiger partial charge in [0.2, 0.25) is 0 Å². The summed E-state index contributed by atoms with van der Waals surface area (Å²) < 4.78 is 4.68. The summed E-state index contributed by atoms with van der Waals surface area (Å²) in [5.41, 5.74) is 3.27. The summed E-state index contributed by atoms with van der Waals surface area (Å²) in [6.45, 7) is 7.45. The van der Waals surface area contributed by atoms with Crippen molar-refractivity contribution in [2.45, 2.75) is 33.9 Å². The van der Waals surface area contributed by atoms with Gasteiger partial charge in [-0.3, -0.25) is 9.13 Å². The van der Waals surface area contributed by atoms with E-state index in [0.29, 0.717) is 13.1 Å². The van der Waals surface area contributed by atoms with Crippen LogP contribution in [0.1, 0.15) is 19.4 Å². The molecule has 0 aliphatic rings. The van der Waals surface area contributed by atoms with Crippen LogP contribution in [0.5, 0.6) is 0 Å². The number of fused-ring (bicyclic) bond motifs is 1. The molecule has 0 aliphatic carbocycles. The Bertz CT molecular complexity index is 545. The quantitative estimate of drug-likeness (QED) is 0.832. The average molecular weight is 283 g/mol. The van der Waals surface area contributed by atoms with Crippen molar-refractivity contribution in [3.05, 3.63) is 32.7 Å². The third-order valence-corrected chi connectivity index (χ3v) is 3.79. The molecule has 2 rings (SSSR count). The fourth-order valence-corrected chi connectivity index (χ4v) is 2.38. The molecule has 0 N–H and O–H groups in total. The second-order valence-electron chi connectivity index (χ2n) is 3.86. The van der Waals surface area contributed by atoms with Gasteiger partial charge < -0.3 is 0 Å². The number of hydrogen-bond acceptors (Lipinski definition) is 1. The molecular weight excluding hydrogens is 268 g/mol. The summed E-state index contributed by atoms with van der Waals surface area (Å²) in [5.74, 6) is 0. The van der Waals surface area contributed by atoms with Crippen molar-refractivity contribution in [2.75, 3.05) is 0 Å². The minimum atomic E-state index is 0.0810. The third-order valence-electron chi connectivity index (χ3n) is 2.93. The number of aryl methyl sites for hydroxylation is 3. The van der Waals surface area contributed by atoms with E-state index in [4.69, 9.17) is 0 Å². The van der Waals surface area contributed by atoms with Gasteiger partial charge in [0.1, 0.15) is 0 Å². The number of halogens is 1. The lowest BCUT2D eigenvalue weighted by atomic mass is 10.2. The highest BCUT2D eigenvalue weighted by Gasteiger charge is 2.12. The minimum absolute atomic E-state index is 0.0810. The van der Waals surface area contributed by atoms with Crippen LogP contribution >= 0.6 is 15.9 Å². The second kappa shape index (κ2) is 4.09. The topological polar surface area (TPSA) is 26.9 Å². The largest absolute Gasteiger partial charge is 0.329 e. The molecule has 0 saturated carbocycles. The summed E-state index contributed by atoms with van der Waals surface area (Å²) in [7, 11) is 0. The normalized spacial score (nSPS) is 11.2. The first-order chi connectivity index (χ1) is 7.60. The Morgan fingerprint density at radius 3 is 2.12 bits per heavy atom. The van der Waals surface area contributed by atoms with Crippen LogP contribution < -0.4 is 5.69 Å².